The number of alkyl halides is 6. The molecule has 0 bridgehead atoms. The van der Waals surface area contributed by atoms with Gasteiger partial charge in [-0.3, -0.25) is 9.78 Å². The molecule has 0 radical (unpaired) electrons. The van der Waals surface area contributed by atoms with Crippen LogP contribution in [0.2, 0.25) is 0 Å². The Kier molecular flexibility index (Phi) is 5.13. The van der Waals surface area contributed by atoms with Gasteiger partial charge in [0.1, 0.15) is 24.1 Å². The summed E-state index contributed by atoms with van der Waals surface area (Å²) in [7, 11) is 0. The van der Waals surface area contributed by atoms with Crippen molar-refractivity contribution in [3.05, 3.63) is 36.2 Å². The van der Waals surface area contributed by atoms with E-state index >= 15 is 0 Å². The molecule has 1 aliphatic heterocycles. The standard InChI is InChI=1S/C16H13F6N5O/c17-15(18,19)8-27-6-4-10(14(27)28)24-12-7-11(16(20,21)22)25-13(26-12)9-3-1-2-5-23-9/h1-3,5,7,10H,4,6,8H2,(H,24,25,26). The molecule has 0 aliphatic carbocycles. The van der Waals surface area contributed by atoms with Crippen molar-refractivity contribution in [3.63, 3.8) is 0 Å². The molecule has 1 fully saturated rings. The SMILES string of the molecule is O=C1C(Nc2cc(C(F)(F)F)nc(-c3ccccn3)n2)CCN1CC(F)(F)F. The molecule has 0 spiro atoms. The van der Waals surface area contributed by atoms with E-state index in [0.717, 1.165) is 0 Å². The summed E-state index contributed by atoms with van der Waals surface area (Å²) in [6.07, 6.45) is -8.00. The molecule has 150 valence electrons. The maximum absolute atomic E-state index is 13.2. The molecule has 1 amide bonds. The van der Waals surface area contributed by atoms with Crippen LogP contribution >= 0.6 is 0 Å². The van der Waals surface area contributed by atoms with E-state index in [2.05, 4.69) is 20.3 Å². The Balaban J connectivity index is 1.87. The molecule has 0 saturated carbocycles. The highest BCUT2D eigenvalue weighted by atomic mass is 19.4. The first-order chi connectivity index (χ1) is 13.0. The lowest BCUT2D eigenvalue weighted by Gasteiger charge is -2.19. The first kappa shape index (κ1) is 19.8. The van der Waals surface area contributed by atoms with Gasteiger partial charge in [-0.05, 0) is 18.6 Å². The van der Waals surface area contributed by atoms with E-state index in [0.29, 0.717) is 11.0 Å². The van der Waals surface area contributed by atoms with Crippen molar-refractivity contribution in [1.29, 1.82) is 0 Å². The Morgan fingerprint density at radius 2 is 1.89 bits per heavy atom. The first-order valence-corrected chi connectivity index (χ1v) is 8.03. The van der Waals surface area contributed by atoms with Crippen LogP contribution in [0.15, 0.2) is 30.5 Å². The molecule has 2 aromatic heterocycles. The maximum Gasteiger partial charge on any atom is 0.433 e. The molecule has 2 aromatic rings. The molecule has 28 heavy (non-hydrogen) atoms. The van der Waals surface area contributed by atoms with Gasteiger partial charge in [-0.1, -0.05) is 6.07 Å². The van der Waals surface area contributed by atoms with Gasteiger partial charge in [0.05, 0.1) is 0 Å². The van der Waals surface area contributed by atoms with Crippen LogP contribution in [0, 0.1) is 0 Å². The minimum absolute atomic E-state index is 0.000806. The van der Waals surface area contributed by atoms with Crippen LogP contribution in [0.25, 0.3) is 11.5 Å². The average Bonchev–Trinajstić information content (AvgIpc) is 2.93. The van der Waals surface area contributed by atoms with E-state index in [1.54, 1.807) is 6.07 Å². The predicted molar refractivity (Wildman–Crippen MR) is 84.9 cm³/mol. The normalized spacial score (nSPS) is 17.9. The predicted octanol–water partition coefficient (Wildman–Crippen LogP) is 3.13. The van der Waals surface area contributed by atoms with Crippen LogP contribution in [-0.4, -0.2) is 51.1 Å². The Bertz CT molecular complexity index is 855. The summed E-state index contributed by atoms with van der Waals surface area (Å²) in [5, 5.41) is 2.49. The minimum atomic E-state index is -4.79. The van der Waals surface area contributed by atoms with Gasteiger partial charge in [-0.2, -0.15) is 26.3 Å². The molecule has 3 heterocycles. The fourth-order valence-corrected chi connectivity index (χ4v) is 2.70. The average molecular weight is 405 g/mol. The second-order valence-corrected chi connectivity index (χ2v) is 6.04. The fraction of sp³-hybridized carbons (Fsp3) is 0.375. The zero-order chi connectivity index (χ0) is 20.5. The number of aromatic nitrogens is 3. The fourth-order valence-electron chi connectivity index (χ4n) is 2.70. The lowest BCUT2D eigenvalue weighted by atomic mass is 10.2. The summed E-state index contributed by atoms with van der Waals surface area (Å²) in [6, 6.07) is 3.99. The van der Waals surface area contributed by atoms with Gasteiger partial charge in [-0.15, -0.1) is 0 Å². The molecule has 1 saturated heterocycles. The van der Waals surface area contributed by atoms with E-state index < -0.39 is 36.5 Å². The number of hydrogen-bond acceptors (Lipinski definition) is 5. The molecule has 12 heteroatoms. The number of carbonyl (C=O) groups excluding carboxylic acids is 1. The number of anilines is 1. The number of nitrogens with zero attached hydrogens (tertiary/aromatic N) is 4. The number of hydrogen-bond donors (Lipinski definition) is 1. The second kappa shape index (κ2) is 7.24. The van der Waals surface area contributed by atoms with Crippen molar-refractivity contribution in [2.24, 2.45) is 0 Å². The highest BCUT2D eigenvalue weighted by molar-refractivity contribution is 5.86. The zero-order valence-electron chi connectivity index (χ0n) is 14.1. The van der Waals surface area contributed by atoms with Crippen LogP contribution in [0.4, 0.5) is 32.2 Å². The minimum Gasteiger partial charge on any atom is -0.358 e. The van der Waals surface area contributed by atoms with Gasteiger partial charge in [0.25, 0.3) is 0 Å². The molecule has 6 nitrogen and oxygen atoms in total. The van der Waals surface area contributed by atoms with Gasteiger partial charge in [0.15, 0.2) is 11.5 Å². The summed E-state index contributed by atoms with van der Waals surface area (Å²) in [4.78, 5) is 24.0. The number of rotatable bonds is 4. The highest BCUT2D eigenvalue weighted by Crippen LogP contribution is 2.31. The number of amides is 1. The van der Waals surface area contributed by atoms with Crippen LogP contribution in [0.1, 0.15) is 12.1 Å². The van der Waals surface area contributed by atoms with Crippen molar-refractivity contribution in [2.45, 2.75) is 24.8 Å². The topological polar surface area (TPSA) is 71.0 Å². The Hall–Kier alpha value is -2.92. The molecule has 1 aliphatic rings. The van der Waals surface area contributed by atoms with Crippen molar-refractivity contribution in [3.8, 4) is 11.5 Å². The number of nitrogens with one attached hydrogen (secondary N) is 1. The third kappa shape index (κ3) is 4.67. The van der Waals surface area contributed by atoms with Crippen molar-refractivity contribution < 1.29 is 31.1 Å². The van der Waals surface area contributed by atoms with Crippen LogP contribution in [0.5, 0.6) is 0 Å². The van der Waals surface area contributed by atoms with Crippen LogP contribution < -0.4 is 5.32 Å². The van der Waals surface area contributed by atoms with E-state index in [1.807, 2.05) is 0 Å². The maximum atomic E-state index is 13.2. The van der Waals surface area contributed by atoms with Gasteiger partial charge in [0.2, 0.25) is 5.91 Å². The highest BCUT2D eigenvalue weighted by Gasteiger charge is 2.40. The zero-order valence-corrected chi connectivity index (χ0v) is 14.1. The molecule has 0 aromatic carbocycles. The van der Waals surface area contributed by atoms with Gasteiger partial charge in [-0.25, -0.2) is 9.97 Å². The van der Waals surface area contributed by atoms with Crippen LogP contribution in [0.3, 0.4) is 0 Å². The van der Waals surface area contributed by atoms with Crippen molar-refractivity contribution in [1.82, 2.24) is 19.9 Å². The number of carbonyl (C=O) groups is 1. The van der Waals surface area contributed by atoms with Crippen molar-refractivity contribution >= 4 is 11.7 Å². The molecule has 1 unspecified atom stereocenters. The second-order valence-electron chi connectivity index (χ2n) is 6.04. The largest absolute Gasteiger partial charge is 0.433 e. The Labute approximate surface area is 154 Å². The summed E-state index contributed by atoms with van der Waals surface area (Å²) in [6.45, 7) is -1.58. The Morgan fingerprint density at radius 1 is 1.14 bits per heavy atom. The third-order valence-corrected chi connectivity index (χ3v) is 3.90. The molecular formula is C16H13F6N5O. The van der Waals surface area contributed by atoms with E-state index in [1.165, 1.54) is 18.3 Å². The van der Waals surface area contributed by atoms with Gasteiger partial charge >= 0.3 is 12.4 Å². The number of pyridine rings is 1. The first-order valence-electron chi connectivity index (χ1n) is 8.03. The van der Waals surface area contributed by atoms with E-state index in [-0.39, 0.29) is 30.3 Å². The monoisotopic (exact) mass is 405 g/mol. The summed E-state index contributed by atoms with van der Waals surface area (Å²) in [5.41, 5.74) is -1.18. The van der Waals surface area contributed by atoms with Gasteiger partial charge < -0.3 is 10.2 Å². The molecule has 1 N–H and O–H groups in total. The Morgan fingerprint density at radius 3 is 2.50 bits per heavy atom. The van der Waals surface area contributed by atoms with Gasteiger partial charge in [0, 0.05) is 18.8 Å². The molecule has 3 rings (SSSR count). The molecular weight excluding hydrogens is 392 g/mol. The van der Waals surface area contributed by atoms with Crippen LogP contribution in [-0.2, 0) is 11.0 Å². The summed E-state index contributed by atoms with van der Waals surface area (Å²) >= 11 is 0. The number of likely N-dealkylation sites (tertiary alicyclic amines) is 1. The summed E-state index contributed by atoms with van der Waals surface area (Å²) < 4.78 is 77.0. The van der Waals surface area contributed by atoms with E-state index in [4.69, 9.17) is 0 Å². The molecule has 1 atom stereocenters. The smallest absolute Gasteiger partial charge is 0.358 e. The number of halogens is 6. The summed E-state index contributed by atoms with van der Waals surface area (Å²) in [5.74, 6) is -1.51. The third-order valence-electron chi connectivity index (χ3n) is 3.90. The van der Waals surface area contributed by atoms with Crippen molar-refractivity contribution in [2.75, 3.05) is 18.4 Å². The quantitative estimate of drug-likeness (QED) is 0.792. The lowest BCUT2D eigenvalue weighted by Crippen LogP contribution is -2.39. The lowest BCUT2D eigenvalue weighted by molar-refractivity contribution is -0.157. The van der Waals surface area contributed by atoms with E-state index in [9.17, 15) is 31.1 Å².